The van der Waals surface area contributed by atoms with E-state index in [0.717, 1.165) is 0 Å². The SMILES string of the molecule is NC(c1cc(F)cc(Br)c1)c1cc2c(cc1Cl)OCCO2. The average molecular weight is 373 g/mol. The summed E-state index contributed by atoms with van der Waals surface area (Å²) >= 11 is 9.52. The lowest BCUT2D eigenvalue weighted by atomic mass is 9.99. The summed E-state index contributed by atoms with van der Waals surface area (Å²) in [7, 11) is 0. The molecule has 2 N–H and O–H groups in total. The van der Waals surface area contributed by atoms with Gasteiger partial charge in [-0.2, -0.15) is 0 Å². The molecule has 1 atom stereocenters. The quantitative estimate of drug-likeness (QED) is 0.864. The first-order chi connectivity index (χ1) is 10.0. The molecular weight excluding hydrogens is 361 g/mol. The van der Waals surface area contributed by atoms with E-state index >= 15 is 0 Å². The second-order valence-electron chi connectivity index (χ2n) is 4.70. The molecule has 3 rings (SSSR count). The van der Waals surface area contributed by atoms with Crippen LogP contribution < -0.4 is 15.2 Å². The molecule has 1 aliphatic heterocycles. The molecule has 0 saturated heterocycles. The molecule has 0 aromatic heterocycles. The minimum atomic E-state index is -0.555. The van der Waals surface area contributed by atoms with Crippen LogP contribution in [-0.2, 0) is 0 Å². The van der Waals surface area contributed by atoms with Crippen molar-refractivity contribution in [2.45, 2.75) is 6.04 Å². The smallest absolute Gasteiger partial charge is 0.162 e. The van der Waals surface area contributed by atoms with Gasteiger partial charge in [0.15, 0.2) is 11.5 Å². The fourth-order valence-corrected chi connectivity index (χ4v) is 3.01. The van der Waals surface area contributed by atoms with Gasteiger partial charge in [-0.25, -0.2) is 4.39 Å². The second kappa shape index (κ2) is 5.83. The average Bonchev–Trinajstić information content (AvgIpc) is 2.44. The van der Waals surface area contributed by atoms with E-state index in [9.17, 15) is 4.39 Å². The van der Waals surface area contributed by atoms with Gasteiger partial charge in [0, 0.05) is 15.6 Å². The number of ether oxygens (including phenoxy) is 2. The van der Waals surface area contributed by atoms with Crippen molar-refractivity contribution in [3.63, 3.8) is 0 Å². The Hall–Kier alpha value is -1.30. The fourth-order valence-electron chi connectivity index (χ4n) is 2.25. The monoisotopic (exact) mass is 371 g/mol. The van der Waals surface area contributed by atoms with E-state index in [1.54, 1.807) is 18.2 Å². The van der Waals surface area contributed by atoms with E-state index in [0.29, 0.717) is 45.3 Å². The van der Waals surface area contributed by atoms with Gasteiger partial charge in [0.2, 0.25) is 0 Å². The normalized spacial score (nSPS) is 14.9. The molecule has 2 aromatic carbocycles. The lowest BCUT2D eigenvalue weighted by Gasteiger charge is -2.22. The highest BCUT2D eigenvalue weighted by Crippen LogP contribution is 2.38. The van der Waals surface area contributed by atoms with Crippen molar-refractivity contribution < 1.29 is 13.9 Å². The molecule has 1 unspecified atom stereocenters. The molecule has 6 heteroatoms. The maximum absolute atomic E-state index is 13.5. The van der Waals surface area contributed by atoms with Crippen molar-refractivity contribution in [2.24, 2.45) is 5.73 Å². The van der Waals surface area contributed by atoms with Crippen molar-refractivity contribution in [2.75, 3.05) is 13.2 Å². The van der Waals surface area contributed by atoms with E-state index < -0.39 is 6.04 Å². The van der Waals surface area contributed by atoms with Gasteiger partial charge in [0.05, 0.1) is 6.04 Å². The summed E-state index contributed by atoms with van der Waals surface area (Å²) < 4.78 is 25.1. The molecule has 0 radical (unpaired) electrons. The molecule has 21 heavy (non-hydrogen) atoms. The van der Waals surface area contributed by atoms with Gasteiger partial charge in [-0.15, -0.1) is 0 Å². The van der Waals surface area contributed by atoms with Crippen LogP contribution >= 0.6 is 27.5 Å². The van der Waals surface area contributed by atoms with Crippen LogP contribution in [0, 0.1) is 5.82 Å². The van der Waals surface area contributed by atoms with E-state index in [2.05, 4.69) is 15.9 Å². The van der Waals surface area contributed by atoms with Gasteiger partial charge in [0.25, 0.3) is 0 Å². The number of benzene rings is 2. The molecule has 0 aliphatic carbocycles. The summed E-state index contributed by atoms with van der Waals surface area (Å²) in [5, 5.41) is 0.465. The van der Waals surface area contributed by atoms with Crippen molar-refractivity contribution in [3.8, 4) is 11.5 Å². The van der Waals surface area contributed by atoms with Crippen molar-refractivity contribution in [3.05, 3.63) is 56.8 Å². The molecule has 0 fully saturated rings. The largest absolute Gasteiger partial charge is 0.486 e. The molecular formula is C15H12BrClFNO2. The first-order valence-electron chi connectivity index (χ1n) is 6.35. The maximum atomic E-state index is 13.5. The third kappa shape index (κ3) is 3.00. The molecule has 0 amide bonds. The number of rotatable bonds is 2. The van der Waals surface area contributed by atoms with Crippen LogP contribution in [0.5, 0.6) is 11.5 Å². The van der Waals surface area contributed by atoms with Crippen LogP contribution in [0.15, 0.2) is 34.8 Å². The molecule has 0 saturated carbocycles. The summed E-state index contributed by atoms with van der Waals surface area (Å²) in [4.78, 5) is 0. The number of halogens is 3. The van der Waals surface area contributed by atoms with Crippen molar-refractivity contribution >= 4 is 27.5 Å². The van der Waals surface area contributed by atoms with Gasteiger partial charge in [-0.3, -0.25) is 0 Å². The zero-order valence-electron chi connectivity index (χ0n) is 10.9. The Bertz CT molecular complexity index is 675. The van der Waals surface area contributed by atoms with Crippen LogP contribution in [-0.4, -0.2) is 13.2 Å². The summed E-state index contributed by atoms with van der Waals surface area (Å²) in [5.74, 6) is 0.845. The molecule has 110 valence electrons. The fraction of sp³-hybridized carbons (Fsp3) is 0.200. The van der Waals surface area contributed by atoms with Crippen LogP contribution in [0.3, 0.4) is 0 Å². The highest BCUT2D eigenvalue weighted by Gasteiger charge is 2.20. The molecule has 0 bridgehead atoms. The van der Waals surface area contributed by atoms with E-state index in [-0.39, 0.29) is 5.82 Å². The Morgan fingerprint density at radius 3 is 2.43 bits per heavy atom. The summed E-state index contributed by atoms with van der Waals surface area (Å²) in [6.07, 6.45) is 0. The minimum absolute atomic E-state index is 0.358. The van der Waals surface area contributed by atoms with Gasteiger partial charge in [0.1, 0.15) is 19.0 Å². The maximum Gasteiger partial charge on any atom is 0.162 e. The van der Waals surface area contributed by atoms with E-state index in [4.69, 9.17) is 26.8 Å². The second-order valence-corrected chi connectivity index (χ2v) is 6.02. The zero-order chi connectivity index (χ0) is 15.0. The Balaban J connectivity index is 2.02. The van der Waals surface area contributed by atoms with Crippen LogP contribution in [0.2, 0.25) is 5.02 Å². The third-order valence-electron chi connectivity index (χ3n) is 3.24. The number of fused-ring (bicyclic) bond motifs is 1. The third-order valence-corrected chi connectivity index (χ3v) is 4.03. The summed E-state index contributed by atoms with van der Waals surface area (Å²) in [6, 6.07) is 7.41. The number of nitrogens with two attached hydrogens (primary N) is 1. The lowest BCUT2D eigenvalue weighted by molar-refractivity contribution is 0.171. The standard InChI is InChI=1S/C15H12BrClFNO2/c16-9-3-8(4-10(18)5-9)15(19)11-6-13-14(7-12(11)17)21-2-1-20-13/h3-7,15H,1-2,19H2. The predicted octanol–water partition coefficient (Wildman–Crippen LogP) is 4.06. The Morgan fingerprint density at radius 2 is 1.76 bits per heavy atom. The van der Waals surface area contributed by atoms with Crippen LogP contribution in [0.1, 0.15) is 17.2 Å². The molecule has 3 nitrogen and oxygen atoms in total. The summed E-state index contributed by atoms with van der Waals surface area (Å²) in [5.41, 5.74) is 7.51. The van der Waals surface area contributed by atoms with Crippen molar-refractivity contribution in [1.29, 1.82) is 0 Å². The van der Waals surface area contributed by atoms with Crippen molar-refractivity contribution in [1.82, 2.24) is 0 Å². The molecule has 1 aliphatic rings. The first kappa shape index (κ1) is 14.6. The minimum Gasteiger partial charge on any atom is -0.486 e. The predicted molar refractivity (Wildman–Crippen MR) is 82.6 cm³/mol. The van der Waals surface area contributed by atoms with Gasteiger partial charge >= 0.3 is 0 Å². The highest BCUT2D eigenvalue weighted by atomic mass is 79.9. The highest BCUT2D eigenvalue weighted by molar-refractivity contribution is 9.10. The summed E-state index contributed by atoms with van der Waals surface area (Å²) in [6.45, 7) is 0.973. The Kier molecular flexibility index (Phi) is 4.06. The molecule has 0 spiro atoms. The molecule has 2 aromatic rings. The molecule has 1 heterocycles. The van der Waals surface area contributed by atoms with E-state index in [1.165, 1.54) is 12.1 Å². The van der Waals surface area contributed by atoms with E-state index in [1.807, 2.05) is 0 Å². The Morgan fingerprint density at radius 1 is 1.10 bits per heavy atom. The topological polar surface area (TPSA) is 44.5 Å². The van der Waals surface area contributed by atoms with Gasteiger partial charge in [-0.1, -0.05) is 27.5 Å². The number of hydrogen-bond acceptors (Lipinski definition) is 3. The van der Waals surface area contributed by atoms with Gasteiger partial charge in [-0.05, 0) is 35.4 Å². The Labute approximate surface area is 134 Å². The van der Waals surface area contributed by atoms with Crippen LogP contribution in [0.25, 0.3) is 0 Å². The zero-order valence-corrected chi connectivity index (χ0v) is 13.2. The lowest BCUT2D eigenvalue weighted by Crippen LogP contribution is -2.17. The van der Waals surface area contributed by atoms with Gasteiger partial charge < -0.3 is 15.2 Å². The first-order valence-corrected chi connectivity index (χ1v) is 7.52. The van der Waals surface area contributed by atoms with Crippen LogP contribution in [0.4, 0.5) is 4.39 Å². The number of hydrogen-bond donors (Lipinski definition) is 1.